The lowest BCUT2D eigenvalue weighted by Crippen LogP contribution is -2.04. The summed E-state index contributed by atoms with van der Waals surface area (Å²) in [6.07, 6.45) is 1.62. The van der Waals surface area contributed by atoms with E-state index in [9.17, 15) is 4.79 Å². The number of aromatic amines is 1. The number of hydrogen-bond acceptors (Lipinski definition) is 3. The Labute approximate surface area is 102 Å². The van der Waals surface area contributed by atoms with Crippen LogP contribution >= 0.6 is 0 Å². The predicted molar refractivity (Wildman–Crippen MR) is 65.3 cm³/mol. The maximum atomic E-state index is 11.0. The van der Waals surface area contributed by atoms with E-state index in [0.717, 1.165) is 16.6 Å². The predicted octanol–water partition coefficient (Wildman–Crippen LogP) is 1.66. The van der Waals surface area contributed by atoms with Crippen molar-refractivity contribution in [2.45, 2.75) is 0 Å². The molecule has 0 bridgehead atoms. The lowest BCUT2D eigenvalue weighted by atomic mass is 10.1. The van der Waals surface area contributed by atoms with Gasteiger partial charge in [-0.25, -0.2) is 9.78 Å². The minimum Gasteiger partial charge on any atom is -0.477 e. The average molecular weight is 242 g/mol. The fraction of sp³-hybridized carbons (Fsp3) is 0.0833. The van der Waals surface area contributed by atoms with E-state index in [1.54, 1.807) is 19.4 Å². The van der Waals surface area contributed by atoms with Gasteiger partial charge in [0.25, 0.3) is 0 Å². The highest BCUT2D eigenvalue weighted by atomic mass is 16.4. The topological polar surface area (TPSA) is 83.8 Å². The summed E-state index contributed by atoms with van der Waals surface area (Å²) in [5, 5.41) is 13.2. The molecule has 0 radical (unpaired) electrons. The molecule has 0 unspecified atom stereocenters. The van der Waals surface area contributed by atoms with Crippen molar-refractivity contribution in [3.63, 3.8) is 0 Å². The second kappa shape index (κ2) is 3.69. The molecule has 0 aliphatic heterocycles. The molecule has 0 spiro atoms. The van der Waals surface area contributed by atoms with Gasteiger partial charge < -0.3 is 10.1 Å². The number of H-pyrrole nitrogens is 1. The largest absolute Gasteiger partial charge is 0.477 e. The molecule has 1 aromatic carbocycles. The number of rotatable bonds is 2. The van der Waals surface area contributed by atoms with Crippen molar-refractivity contribution < 1.29 is 9.90 Å². The Balaban J connectivity index is 2.13. The van der Waals surface area contributed by atoms with Crippen LogP contribution in [0.4, 0.5) is 0 Å². The third kappa shape index (κ3) is 1.55. The molecule has 18 heavy (non-hydrogen) atoms. The summed E-state index contributed by atoms with van der Waals surface area (Å²) in [5.41, 5.74) is 3.42. The van der Waals surface area contributed by atoms with Gasteiger partial charge in [0.1, 0.15) is 5.69 Å². The van der Waals surface area contributed by atoms with E-state index in [0.29, 0.717) is 5.69 Å². The Morgan fingerprint density at radius 2 is 2.22 bits per heavy atom. The molecule has 3 aromatic rings. The normalized spacial score (nSPS) is 10.9. The van der Waals surface area contributed by atoms with E-state index in [2.05, 4.69) is 15.1 Å². The minimum absolute atomic E-state index is 0.162. The Morgan fingerprint density at radius 1 is 1.39 bits per heavy atom. The van der Waals surface area contributed by atoms with Gasteiger partial charge in [0.05, 0.1) is 23.1 Å². The standard InChI is InChI=1S/C12H10N4O2/c1-16-11(12(17)18)5-9(15-16)7-2-3-8-10(4-7)14-6-13-8/h2-6H,1H3,(H,13,14)(H,17,18). The molecule has 0 fully saturated rings. The SMILES string of the molecule is Cn1nc(-c2ccc3nc[nH]c3c2)cc1C(=O)O. The molecule has 2 N–H and O–H groups in total. The van der Waals surface area contributed by atoms with Gasteiger partial charge in [-0.2, -0.15) is 5.10 Å². The van der Waals surface area contributed by atoms with Gasteiger partial charge in [-0.05, 0) is 18.2 Å². The molecule has 0 saturated heterocycles. The van der Waals surface area contributed by atoms with Crippen molar-refractivity contribution in [1.82, 2.24) is 19.7 Å². The monoisotopic (exact) mass is 242 g/mol. The molecule has 0 atom stereocenters. The van der Waals surface area contributed by atoms with E-state index < -0.39 is 5.97 Å². The second-order valence-electron chi connectivity index (χ2n) is 3.98. The van der Waals surface area contributed by atoms with Crippen LogP contribution in [0.2, 0.25) is 0 Å². The number of hydrogen-bond donors (Lipinski definition) is 2. The van der Waals surface area contributed by atoms with Crippen molar-refractivity contribution in [1.29, 1.82) is 0 Å². The summed E-state index contributed by atoms with van der Waals surface area (Å²) in [5.74, 6) is -0.987. The van der Waals surface area contributed by atoms with Crippen LogP contribution in [0.25, 0.3) is 22.3 Å². The van der Waals surface area contributed by atoms with Crippen LogP contribution in [0.1, 0.15) is 10.5 Å². The fourth-order valence-corrected chi connectivity index (χ4v) is 1.90. The van der Waals surface area contributed by atoms with E-state index in [1.165, 1.54) is 4.68 Å². The van der Waals surface area contributed by atoms with Crippen LogP contribution in [0.5, 0.6) is 0 Å². The molecule has 0 amide bonds. The number of carbonyl (C=O) groups is 1. The highest BCUT2D eigenvalue weighted by Gasteiger charge is 2.13. The summed E-state index contributed by atoms with van der Waals surface area (Å²) < 4.78 is 1.36. The molecule has 6 heteroatoms. The third-order valence-corrected chi connectivity index (χ3v) is 2.81. The van der Waals surface area contributed by atoms with Gasteiger partial charge in [-0.1, -0.05) is 6.07 Å². The Hall–Kier alpha value is -2.63. The molecule has 0 aliphatic carbocycles. The number of fused-ring (bicyclic) bond motifs is 1. The minimum atomic E-state index is -0.987. The first kappa shape index (κ1) is 10.5. The highest BCUT2D eigenvalue weighted by Crippen LogP contribution is 2.22. The summed E-state index contributed by atoms with van der Waals surface area (Å²) >= 11 is 0. The number of imidazole rings is 1. The lowest BCUT2D eigenvalue weighted by Gasteiger charge is -1.96. The number of aromatic nitrogens is 4. The molecule has 2 aromatic heterocycles. The Morgan fingerprint density at radius 3 is 2.94 bits per heavy atom. The third-order valence-electron chi connectivity index (χ3n) is 2.81. The zero-order chi connectivity index (χ0) is 12.7. The van der Waals surface area contributed by atoms with E-state index >= 15 is 0 Å². The Kier molecular flexibility index (Phi) is 2.16. The van der Waals surface area contributed by atoms with Crippen LogP contribution in [0.3, 0.4) is 0 Å². The smallest absolute Gasteiger partial charge is 0.354 e. The average Bonchev–Trinajstić information content (AvgIpc) is 2.93. The zero-order valence-corrected chi connectivity index (χ0v) is 9.58. The first-order chi connectivity index (χ1) is 8.65. The number of aryl methyl sites for hydroxylation is 1. The van der Waals surface area contributed by atoms with E-state index in [1.807, 2.05) is 18.2 Å². The number of nitrogens with zero attached hydrogens (tertiary/aromatic N) is 3. The molecule has 3 rings (SSSR count). The molecular weight excluding hydrogens is 232 g/mol. The fourth-order valence-electron chi connectivity index (χ4n) is 1.90. The summed E-state index contributed by atoms with van der Waals surface area (Å²) in [7, 11) is 1.61. The molecule has 0 saturated carbocycles. The van der Waals surface area contributed by atoms with Crippen LogP contribution in [0, 0.1) is 0 Å². The first-order valence-electron chi connectivity index (χ1n) is 5.36. The number of aromatic carboxylic acids is 1. The molecule has 2 heterocycles. The van der Waals surface area contributed by atoms with E-state index in [4.69, 9.17) is 5.11 Å². The molecule has 90 valence electrons. The number of carboxylic acids is 1. The zero-order valence-electron chi connectivity index (χ0n) is 9.58. The number of carboxylic acid groups (broad SMARTS) is 1. The highest BCUT2D eigenvalue weighted by molar-refractivity contribution is 5.88. The van der Waals surface area contributed by atoms with Crippen molar-refractivity contribution in [2.75, 3.05) is 0 Å². The summed E-state index contributed by atoms with van der Waals surface area (Å²) in [4.78, 5) is 18.1. The van der Waals surface area contributed by atoms with Crippen LogP contribution in [0.15, 0.2) is 30.6 Å². The maximum Gasteiger partial charge on any atom is 0.354 e. The maximum absolute atomic E-state index is 11.0. The van der Waals surface area contributed by atoms with Crippen molar-refractivity contribution in [3.8, 4) is 11.3 Å². The van der Waals surface area contributed by atoms with Gasteiger partial charge in [-0.15, -0.1) is 0 Å². The van der Waals surface area contributed by atoms with Crippen LogP contribution in [-0.2, 0) is 7.05 Å². The molecular formula is C12H10N4O2. The number of benzene rings is 1. The summed E-state index contributed by atoms with van der Waals surface area (Å²) in [6.45, 7) is 0. The van der Waals surface area contributed by atoms with Crippen molar-refractivity contribution >= 4 is 17.0 Å². The van der Waals surface area contributed by atoms with Gasteiger partial charge in [0.15, 0.2) is 0 Å². The summed E-state index contributed by atoms with van der Waals surface area (Å²) in [6, 6.07) is 7.20. The second-order valence-corrected chi connectivity index (χ2v) is 3.98. The quantitative estimate of drug-likeness (QED) is 0.715. The van der Waals surface area contributed by atoms with Crippen molar-refractivity contribution in [3.05, 3.63) is 36.3 Å². The lowest BCUT2D eigenvalue weighted by molar-refractivity contribution is 0.0685. The van der Waals surface area contributed by atoms with Gasteiger partial charge in [0, 0.05) is 12.6 Å². The number of nitrogens with one attached hydrogen (secondary N) is 1. The molecule has 0 aliphatic rings. The van der Waals surface area contributed by atoms with Gasteiger partial charge >= 0.3 is 5.97 Å². The van der Waals surface area contributed by atoms with E-state index in [-0.39, 0.29) is 5.69 Å². The van der Waals surface area contributed by atoms with Gasteiger partial charge in [-0.3, -0.25) is 4.68 Å². The first-order valence-corrected chi connectivity index (χ1v) is 5.36. The van der Waals surface area contributed by atoms with Crippen LogP contribution in [-0.4, -0.2) is 30.8 Å². The molecule has 6 nitrogen and oxygen atoms in total. The van der Waals surface area contributed by atoms with Crippen molar-refractivity contribution in [2.24, 2.45) is 7.05 Å². The van der Waals surface area contributed by atoms with Crippen LogP contribution < -0.4 is 0 Å². The van der Waals surface area contributed by atoms with Gasteiger partial charge in [0.2, 0.25) is 0 Å². The Bertz CT molecular complexity index is 741.